The first-order chi connectivity index (χ1) is 6.81. The molecular formula is C12H12O2. The molecule has 0 aliphatic rings. The Morgan fingerprint density at radius 2 is 2.00 bits per heavy atom. The summed E-state index contributed by atoms with van der Waals surface area (Å²) in [6.07, 6.45) is 4.08. The largest absolute Gasteiger partial charge is 0.497 e. The van der Waals surface area contributed by atoms with Crippen molar-refractivity contribution in [1.82, 2.24) is 0 Å². The number of benzene rings is 1. The molecule has 0 unspecified atom stereocenters. The van der Waals surface area contributed by atoms with E-state index in [0.717, 1.165) is 17.6 Å². The van der Waals surface area contributed by atoms with Crippen LogP contribution < -0.4 is 4.74 Å². The van der Waals surface area contributed by atoms with Gasteiger partial charge < -0.3 is 4.74 Å². The monoisotopic (exact) mass is 188 g/mol. The summed E-state index contributed by atoms with van der Waals surface area (Å²) < 4.78 is 5.01. The summed E-state index contributed by atoms with van der Waals surface area (Å²) in [5.74, 6) is 0.776. The van der Waals surface area contributed by atoms with Gasteiger partial charge in [0, 0.05) is 5.57 Å². The van der Waals surface area contributed by atoms with Crippen LogP contribution in [0.25, 0.3) is 5.57 Å². The quantitative estimate of drug-likeness (QED) is 0.412. The van der Waals surface area contributed by atoms with Crippen LogP contribution in [0.15, 0.2) is 43.0 Å². The fourth-order valence-corrected chi connectivity index (χ4v) is 1.11. The zero-order chi connectivity index (χ0) is 10.4. The van der Waals surface area contributed by atoms with Gasteiger partial charge in [-0.15, -0.1) is 0 Å². The van der Waals surface area contributed by atoms with Crippen molar-refractivity contribution in [2.45, 2.75) is 0 Å². The Hall–Kier alpha value is -1.83. The minimum atomic E-state index is 0.614. The Kier molecular flexibility index (Phi) is 3.68. The maximum absolute atomic E-state index is 10.7. The van der Waals surface area contributed by atoms with E-state index in [0.29, 0.717) is 5.57 Å². The van der Waals surface area contributed by atoms with Crippen LogP contribution in [0.3, 0.4) is 0 Å². The van der Waals surface area contributed by atoms with Crippen molar-refractivity contribution in [2.24, 2.45) is 0 Å². The van der Waals surface area contributed by atoms with Crippen molar-refractivity contribution in [2.75, 3.05) is 7.11 Å². The summed E-state index contributed by atoms with van der Waals surface area (Å²) in [6, 6.07) is 7.30. The van der Waals surface area contributed by atoms with Gasteiger partial charge in [-0.05, 0) is 17.7 Å². The van der Waals surface area contributed by atoms with Crippen LogP contribution >= 0.6 is 0 Å². The Morgan fingerprint density at radius 3 is 2.43 bits per heavy atom. The second-order valence-electron chi connectivity index (χ2n) is 2.70. The van der Waals surface area contributed by atoms with Crippen LogP contribution in [0.4, 0.5) is 0 Å². The third-order valence-corrected chi connectivity index (χ3v) is 1.85. The summed E-state index contributed by atoms with van der Waals surface area (Å²) in [7, 11) is 1.61. The van der Waals surface area contributed by atoms with E-state index in [4.69, 9.17) is 4.74 Å². The zero-order valence-electron chi connectivity index (χ0n) is 8.07. The predicted molar refractivity (Wildman–Crippen MR) is 57.2 cm³/mol. The maximum Gasteiger partial charge on any atom is 0.150 e. The fourth-order valence-electron chi connectivity index (χ4n) is 1.11. The number of hydrogen-bond donors (Lipinski definition) is 0. The van der Waals surface area contributed by atoms with Crippen LogP contribution in [0.2, 0.25) is 0 Å². The molecule has 2 nitrogen and oxygen atoms in total. The molecule has 72 valence electrons. The van der Waals surface area contributed by atoms with Crippen LogP contribution in [0, 0.1) is 0 Å². The first kappa shape index (κ1) is 10.3. The molecule has 0 aliphatic heterocycles. The number of rotatable bonds is 4. The van der Waals surface area contributed by atoms with Gasteiger partial charge in [0.05, 0.1) is 7.11 Å². The normalized spacial score (nSPS) is 10.8. The lowest BCUT2D eigenvalue weighted by Gasteiger charge is -2.01. The molecule has 14 heavy (non-hydrogen) atoms. The topological polar surface area (TPSA) is 26.3 Å². The van der Waals surface area contributed by atoms with Gasteiger partial charge >= 0.3 is 0 Å². The smallest absolute Gasteiger partial charge is 0.150 e. The number of methoxy groups -OCH3 is 1. The standard InChI is InChI=1S/C12H12O2/c1-3-4-11(9-13)10-5-7-12(14-2)8-6-10/h3-9H,1H2,2H3. The summed E-state index contributed by atoms with van der Waals surface area (Å²) in [5.41, 5.74) is 1.48. The third kappa shape index (κ3) is 2.33. The van der Waals surface area contributed by atoms with Gasteiger partial charge in [-0.3, -0.25) is 4.79 Å². The molecule has 1 aromatic carbocycles. The molecule has 0 N–H and O–H groups in total. The number of carbonyl (C=O) groups excluding carboxylic acids is 1. The van der Waals surface area contributed by atoms with Gasteiger partial charge in [0.15, 0.2) is 6.29 Å². The number of carbonyl (C=O) groups is 1. The Morgan fingerprint density at radius 1 is 1.36 bits per heavy atom. The highest BCUT2D eigenvalue weighted by Gasteiger charge is 1.98. The first-order valence-electron chi connectivity index (χ1n) is 4.24. The van der Waals surface area contributed by atoms with Crippen LogP contribution in [-0.2, 0) is 4.79 Å². The molecule has 0 saturated heterocycles. The summed E-state index contributed by atoms with van der Waals surface area (Å²) in [4.78, 5) is 10.7. The second kappa shape index (κ2) is 5.02. The van der Waals surface area contributed by atoms with Crippen molar-refractivity contribution in [3.05, 3.63) is 48.6 Å². The Bertz CT molecular complexity index is 347. The predicted octanol–water partition coefficient (Wildman–Crippen LogP) is 2.46. The molecule has 0 radical (unpaired) electrons. The number of hydrogen-bond acceptors (Lipinski definition) is 2. The van der Waals surface area contributed by atoms with Crippen molar-refractivity contribution in [3.63, 3.8) is 0 Å². The Labute approximate surface area is 83.5 Å². The average Bonchev–Trinajstić information content (AvgIpc) is 2.26. The van der Waals surface area contributed by atoms with E-state index in [-0.39, 0.29) is 0 Å². The molecule has 2 heteroatoms. The fraction of sp³-hybridized carbons (Fsp3) is 0.0833. The maximum atomic E-state index is 10.7. The SMILES string of the molecule is C=CC=C(C=O)c1ccc(OC)cc1. The van der Waals surface area contributed by atoms with E-state index in [1.807, 2.05) is 24.3 Å². The molecule has 0 aliphatic carbocycles. The minimum Gasteiger partial charge on any atom is -0.497 e. The zero-order valence-corrected chi connectivity index (χ0v) is 8.07. The molecule has 0 bridgehead atoms. The van der Waals surface area contributed by atoms with Crippen molar-refractivity contribution in [3.8, 4) is 5.75 Å². The van der Waals surface area contributed by atoms with E-state index < -0.39 is 0 Å². The van der Waals surface area contributed by atoms with Crippen molar-refractivity contribution in [1.29, 1.82) is 0 Å². The molecule has 1 aromatic rings. The van der Waals surface area contributed by atoms with Crippen molar-refractivity contribution < 1.29 is 9.53 Å². The average molecular weight is 188 g/mol. The lowest BCUT2D eigenvalue weighted by molar-refractivity contribution is -0.103. The number of aldehydes is 1. The summed E-state index contributed by atoms with van der Waals surface area (Å²) >= 11 is 0. The number of allylic oxidation sites excluding steroid dienone is 3. The van der Waals surface area contributed by atoms with E-state index in [9.17, 15) is 4.79 Å². The molecule has 0 atom stereocenters. The Balaban J connectivity index is 3.00. The van der Waals surface area contributed by atoms with Gasteiger partial charge in [-0.25, -0.2) is 0 Å². The summed E-state index contributed by atoms with van der Waals surface area (Å²) in [6.45, 7) is 3.55. The third-order valence-electron chi connectivity index (χ3n) is 1.85. The molecule has 1 rings (SSSR count). The molecule has 0 spiro atoms. The van der Waals surface area contributed by atoms with Crippen LogP contribution in [-0.4, -0.2) is 13.4 Å². The van der Waals surface area contributed by atoms with Gasteiger partial charge in [-0.2, -0.15) is 0 Å². The highest BCUT2D eigenvalue weighted by molar-refractivity contribution is 6.07. The molecule has 0 saturated carbocycles. The number of ether oxygens (including phenoxy) is 1. The molecule has 0 aromatic heterocycles. The molecule has 0 amide bonds. The first-order valence-corrected chi connectivity index (χ1v) is 4.24. The molecule has 0 heterocycles. The lowest BCUT2D eigenvalue weighted by Crippen LogP contribution is -1.86. The second-order valence-corrected chi connectivity index (χ2v) is 2.70. The van der Waals surface area contributed by atoms with E-state index in [1.165, 1.54) is 0 Å². The molecular weight excluding hydrogens is 176 g/mol. The van der Waals surface area contributed by atoms with E-state index in [1.54, 1.807) is 19.3 Å². The highest BCUT2D eigenvalue weighted by Crippen LogP contribution is 2.16. The lowest BCUT2D eigenvalue weighted by atomic mass is 10.1. The van der Waals surface area contributed by atoms with E-state index >= 15 is 0 Å². The van der Waals surface area contributed by atoms with Gasteiger partial charge in [0.1, 0.15) is 5.75 Å². The van der Waals surface area contributed by atoms with Crippen LogP contribution in [0.1, 0.15) is 5.56 Å². The highest BCUT2D eigenvalue weighted by atomic mass is 16.5. The van der Waals surface area contributed by atoms with Gasteiger partial charge in [0.2, 0.25) is 0 Å². The van der Waals surface area contributed by atoms with E-state index in [2.05, 4.69) is 6.58 Å². The van der Waals surface area contributed by atoms with Gasteiger partial charge in [0.25, 0.3) is 0 Å². The minimum absolute atomic E-state index is 0.614. The van der Waals surface area contributed by atoms with Gasteiger partial charge in [-0.1, -0.05) is 30.9 Å². The van der Waals surface area contributed by atoms with Crippen molar-refractivity contribution >= 4 is 11.9 Å². The summed E-state index contributed by atoms with van der Waals surface area (Å²) in [5, 5.41) is 0. The molecule has 0 fully saturated rings. The van der Waals surface area contributed by atoms with Crippen LogP contribution in [0.5, 0.6) is 5.75 Å².